The van der Waals surface area contributed by atoms with E-state index in [9.17, 15) is 5.26 Å². The summed E-state index contributed by atoms with van der Waals surface area (Å²) in [6.07, 6.45) is 0.861. The molecule has 0 bridgehead atoms. The number of nitrogens with zero attached hydrogens (tertiary/aromatic N) is 2. The standard InChI is InChI=1S/C20H26N2/c1-5-22(4)14-13-20(15-21,16(2)3)19-12-8-10-17-9-6-7-11-18(17)19/h6-12,16H,5,13-14H2,1-4H3/t20-/m1/s1. The Morgan fingerprint density at radius 2 is 1.82 bits per heavy atom. The zero-order chi connectivity index (χ0) is 16.2. The molecule has 0 saturated carbocycles. The van der Waals surface area contributed by atoms with Crippen LogP contribution < -0.4 is 0 Å². The van der Waals surface area contributed by atoms with Crippen molar-refractivity contribution in [2.45, 2.75) is 32.6 Å². The Bertz CT molecular complexity index is 663. The summed E-state index contributed by atoms with van der Waals surface area (Å²) < 4.78 is 0. The van der Waals surface area contributed by atoms with Gasteiger partial charge in [0.15, 0.2) is 0 Å². The van der Waals surface area contributed by atoms with Gasteiger partial charge in [0.2, 0.25) is 0 Å². The van der Waals surface area contributed by atoms with Crippen LogP contribution in [-0.2, 0) is 5.41 Å². The Morgan fingerprint density at radius 3 is 2.45 bits per heavy atom. The first-order chi connectivity index (χ1) is 10.5. The summed E-state index contributed by atoms with van der Waals surface area (Å²) in [7, 11) is 2.12. The molecule has 0 radical (unpaired) electrons. The van der Waals surface area contributed by atoms with Crippen molar-refractivity contribution in [3.8, 4) is 6.07 Å². The fourth-order valence-electron chi connectivity index (χ4n) is 3.12. The van der Waals surface area contributed by atoms with Crippen LogP contribution in [0.25, 0.3) is 10.8 Å². The predicted octanol–water partition coefficient (Wildman–Crippen LogP) is 4.60. The van der Waals surface area contributed by atoms with Gasteiger partial charge in [-0.2, -0.15) is 5.26 Å². The molecule has 0 aromatic heterocycles. The summed E-state index contributed by atoms with van der Waals surface area (Å²) in [4.78, 5) is 2.28. The molecule has 2 nitrogen and oxygen atoms in total. The highest BCUT2D eigenvalue weighted by Gasteiger charge is 2.37. The number of hydrogen-bond acceptors (Lipinski definition) is 2. The SMILES string of the molecule is CCN(C)CC[C@](C#N)(c1cccc2ccccc12)C(C)C. The second kappa shape index (κ2) is 6.94. The maximum atomic E-state index is 10.1. The van der Waals surface area contributed by atoms with Crippen LogP contribution in [0.3, 0.4) is 0 Å². The Balaban J connectivity index is 2.55. The number of benzene rings is 2. The molecule has 0 aliphatic heterocycles. The van der Waals surface area contributed by atoms with Crippen LogP contribution in [0, 0.1) is 17.2 Å². The van der Waals surface area contributed by atoms with Crippen LogP contribution in [0.1, 0.15) is 32.8 Å². The average molecular weight is 294 g/mol. The summed E-state index contributed by atoms with van der Waals surface area (Å²) in [5.41, 5.74) is 0.734. The van der Waals surface area contributed by atoms with E-state index in [1.165, 1.54) is 16.3 Å². The topological polar surface area (TPSA) is 27.0 Å². The third-order valence-electron chi connectivity index (χ3n) is 4.88. The first-order valence-corrected chi connectivity index (χ1v) is 8.13. The monoisotopic (exact) mass is 294 g/mol. The van der Waals surface area contributed by atoms with Gasteiger partial charge in [-0.3, -0.25) is 0 Å². The van der Waals surface area contributed by atoms with Gasteiger partial charge in [0, 0.05) is 0 Å². The van der Waals surface area contributed by atoms with Crippen molar-refractivity contribution in [2.24, 2.45) is 5.92 Å². The second-order valence-corrected chi connectivity index (χ2v) is 6.41. The molecule has 0 fully saturated rings. The van der Waals surface area contributed by atoms with Crippen molar-refractivity contribution < 1.29 is 0 Å². The normalized spacial score (nSPS) is 14.2. The third-order valence-corrected chi connectivity index (χ3v) is 4.88. The fraction of sp³-hybridized carbons (Fsp3) is 0.450. The summed E-state index contributed by atoms with van der Waals surface area (Å²) in [6, 6.07) is 17.4. The lowest BCUT2D eigenvalue weighted by atomic mass is 9.69. The van der Waals surface area contributed by atoms with Crippen molar-refractivity contribution in [1.29, 1.82) is 5.26 Å². The molecule has 1 atom stereocenters. The number of nitriles is 1. The minimum atomic E-state index is -0.440. The zero-order valence-corrected chi connectivity index (χ0v) is 14.1. The Hall–Kier alpha value is -1.85. The maximum absolute atomic E-state index is 10.1. The molecular weight excluding hydrogens is 268 g/mol. The number of hydrogen-bond donors (Lipinski definition) is 0. The second-order valence-electron chi connectivity index (χ2n) is 6.41. The molecule has 0 saturated heterocycles. The van der Waals surface area contributed by atoms with E-state index in [-0.39, 0.29) is 5.92 Å². The summed E-state index contributed by atoms with van der Waals surface area (Å²) in [6.45, 7) is 8.43. The van der Waals surface area contributed by atoms with Crippen molar-refractivity contribution in [1.82, 2.24) is 4.90 Å². The molecule has 2 rings (SSSR count). The average Bonchev–Trinajstić information content (AvgIpc) is 2.55. The molecule has 0 N–H and O–H groups in total. The van der Waals surface area contributed by atoms with Crippen LogP contribution in [0.2, 0.25) is 0 Å². The minimum absolute atomic E-state index is 0.272. The van der Waals surface area contributed by atoms with Crippen LogP contribution in [0.5, 0.6) is 0 Å². The lowest BCUT2D eigenvalue weighted by Gasteiger charge is -2.34. The first-order valence-electron chi connectivity index (χ1n) is 8.13. The van der Waals surface area contributed by atoms with Gasteiger partial charge in [0.1, 0.15) is 0 Å². The molecule has 0 amide bonds. The van der Waals surface area contributed by atoms with E-state index < -0.39 is 5.41 Å². The molecule has 0 aliphatic rings. The largest absolute Gasteiger partial charge is 0.307 e. The van der Waals surface area contributed by atoms with E-state index in [1.807, 2.05) is 0 Å². The van der Waals surface area contributed by atoms with Gasteiger partial charge in [-0.05, 0) is 48.8 Å². The lowest BCUT2D eigenvalue weighted by molar-refractivity contribution is 0.281. The van der Waals surface area contributed by atoms with Gasteiger partial charge in [-0.1, -0.05) is 63.2 Å². The highest BCUT2D eigenvalue weighted by Crippen LogP contribution is 2.39. The van der Waals surface area contributed by atoms with E-state index in [0.717, 1.165) is 19.5 Å². The molecule has 22 heavy (non-hydrogen) atoms. The van der Waals surface area contributed by atoms with Gasteiger partial charge >= 0.3 is 0 Å². The van der Waals surface area contributed by atoms with Crippen molar-refractivity contribution in [2.75, 3.05) is 20.1 Å². The van der Waals surface area contributed by atoms with E-state index >= 15 is 0 Å². The predicted molar refractivity (Wildman–Crippen MR) is 93.9 cm³/mol. The van der Waals surface area contributed by atoms with Gasteiger partial charge < -0.3 is 4.90 Å². The van der Waals surface area contributed by atoms with Gasteiger partial charge in [-0.25, -0.2) is 0 Å². The van der Waals surface area contributed by atoms with E-state index in [1.54, 1.807) is 0 Å². The zero-order valence-electron chi connectivity index (χ0n) is 14.1. The van der Waals surface area contributed by atoms with E-state index in [4.69, 9.17) is 0 Å². The Labute approximate surface area is 134 Å². The van der Waals surface area contributed by atoms with Gasteiger partial charge in [-0.15, -0.1) is 0 Å². The fourth-order valence-corrected chi connectivity index (χ4v) is 3.12. The highest BCUT2D eigenvalue weighted by molar-refractivity contribution is 5.87. The number of rotatable bonds is 6. The van der Waals surface area contributed by atoms with E-state index in [2.05, 4.69) is 81.3 Å². The smallest absolute Gasteiger partial charge is 0.0863 e. The molecule has 0 heterocycles. The third kappa shape index (κ3) is 3.00. The van der Waals surface area contributed by atoms with Gasteiger partial charge in [0.05, 0.1) is 11.5 Å². The highest BCUT2D eigenvalue weighted by atomic mass is 15.1. The Kier molecular flexibility index (Phi) is 5.21. The van der Waals surface area contributed by atoms with Crippen LogP contribution in [-0.4, -0.2) is 25.0 Å². The molecule has 2 aromatic rings. The molecule has 2 aromatic carbocycles. The van der Waals surface area contributed by atoms with Crippen molar-refractivity contribution in [3.05, 3.63) is 48.0 Å². The van der Waals surface area contributed by atoms with Crippen LogP contribution in [0.4, 0.5) is 0 Å². The lowest BCUT2D eigenvalue weighted by Crippen LogP contribution is -2.35. The molecule has 0 spiro atoms. The summed E-state index contributed by atoms with van der Waals surface area (Å²) >= 11 is 0. The number of fused-ring (bicyclic) bond motifs is 1. The summed E-state index contributed by atoms with van der Waals surface area (Å²) in [5.74, 6) is 0.272. The molecule has 116 valence electrons. The van der Waals surface area contributed by atoms with Crippen molar-refractivity contribution >= 4 is 10.8 Å². The van der Waals surface area contributed by atoms with Crippen LogP contribution in [0.15, 0.2) is 42.5 Å². The van der Waals surface area contributed by atoms with Crippen LogP contribution >= 0.6 is 0 Å². The molecule has 0 aliphatic carbocycles. The van der Waals surface area contributed by atoms with E-state index in [0.29, 0.717) is 0 Å². The molecule has 0 unspecified atom stereocenters. The quantitative estimate of drug-likeness (QED) is 0.778. The molecular formula is C20H26N2. The summed E-state index contributed by atoms with van der Waals surface area (Å²) in [5, 5.41) is 12.5. The first kappa shape index (κ1) is 16.5. The molecule has 2 heteroatoms. The Morgan fingerprint density at radius 1 is 1.14 bits per heavy atom. The van der Waals surface area contributed by atoms with Gasteiger partial charge in [0.25, 0.3) is 0 Å². The maximum Gasteiger partial charge on any atom is 0.0863 e. The minimum Gasteiger partial charge on any atom is -0.307 e. The van der Waals surface area contributed by atoms with Crippen molar-refractivity contribution in [3.63, 3.8) is 0 Å².